The Hall–Kier alpha value is -3.27. The number of rotatable bonds is 4. The topological polar surface area (TPSA) is 113 Å². The highest BCUT2D eigenvalue weighted by atomic mass is 32.2. The van der Waals surface area contributed by atoms with Crippen LogP contribution in [0.15, 0.2) is 51.8 Å². The highest BCUT2D eigenvalue weighted by molar-refractivity contribution is 7.90. The third-order valence-electron chi connectivity index (χ3n) is 6.06. The summed E-state index contributed by atoms with van der Waals surface area (Å²) < 4.78 is 29.7. The molecule has 2 heterocycles. The van der Waals surface area contributed by atoms with Crippen molar-refractivity contribution in [1.29, 1.82) is 0 Å². The lowest BCUT2D eigenvalue weighted by Gasteiger charge is -2.30. The number of amidine groups is 1. The molecule has 0 unspecified atom stereocenters. The van der Waals surface area contributed by atoms with Crippen molar-refractivity contribution in [2.75, 3.05) is 18.5 Å². The van der Waals surface area contributed by atoms with Crippen LogP contribution in [0, 0.1) is 10.1 Å². The zero-order chi connectivity index (χ0) is 23.0. The van der Waals surface area contributed by atoms with Crippen molar-refractivity contribution in [1.82, 2.24) is 4.90 Å². The van der Waals surface area contributed by atoms with Crippen LogP contribution in [0.4, 0.5) is 11.4 Å². The minimum Gasteiger partial charge on any atom is -0.335 e. The Bertz CT molecular complexity index is 1220. The van der Waals surface area contributed by atoms with Gasteiger partial charge in [-0.2, -0.15) is 8.42 Å². The summed E-state index contributed by atoms with van der Waals surface area (Å²) in [6.07, 6.45) is 3.48. The number of carbonyl (C=O) groups is 1. The number of fused-ring (bicyclic) bond motifs is 3. The SMILES string of the molecule is C[C@H](c1cccc([N+](=O)[O-])c1)N(C)C(=O)c1ccc2c(c1)S(=O)(=O)N=C1CCCCCN12. The van der Waals surface area contributed by atoms with Crippen LogP contribution in [-0.4, -0.2) is 43.6 Å². The molecular weight excluding hydrogens is 432 g/mol. The molecule has 1 amide bonds. The minimum absolute atomic E-state index is 0.0328. The molecule has 2 aliphatic heterocycles. The summed E-state index contributed by atoms with van der Waals surface area (Å²) in [5, 5.41) is 11.1. The molecule has 1 fully saturated rings. The molecular formula is C22H24N4O5S. The Morgan fingerprint density at radius 3 is 2.72 bits per heavy atom. The standard InChI is InChI=1S/C22H24N4O5S/c1-15(16-7-6-8-18(13-16)26(28)29)24(2)22(27)17-10-11-19-20(14-17)32(30,31)23-21-9-4-3-5-12-25(19)21/h6-8,10-11,13-15H,3-5,9,12H2,1-2H3/t15-/m1/s1. The molecule has 0 aromatic heterocycles. The van der Waals surface area contributed by atoms with Gasteiger partial charge in [0.25, 0.3) is 21.6 Å². The van der Waals surface area contributed by atoms with Gasteiger partial charge < -0.3 is 9.80 Å². The predicted octanol–water partition coefficient (Wildman–Crippen LogP) is 3.91. The first-order valence-corrected chi connectivity index (χ1v) is 11.9. The van der Waals surface area contributed by atoms with E-state index in [9.17, 15) is 23.3 Å². The summed E-state index contributed by atoms with van der Waals surface area (Å²) in [5.74, 6) is 0.179. The molecule has 168 valence electrons. The number of nitro groups is 1. The molecule has 10 heteroatoms. The van der Waals surface area contributed by atoms with Gasteiger partial charge in [-0.3, -0.25) is 14.9 Å². The van der Waals surface area contributed by atoms with Crippen molar-refractivity contribution in [3.8, 4) is 0 Å². The van der Waals surface area contributed by atoms with Gasteiger partial charge >= 0.3 is 0 Å². The van der Waals surface area contributed by atoms with E-state index < -0.39 is 21.0 Å². The number of benzene rings is 2. The Kier molecular flexibility index (Phi) is 5.72. The van der Waals surface area contributed by atoms with Crippen LogP contribution in [0.2, 0.25) is 0 Å². The van der Waals surface area contributed by atoms with Crippen molar-refractivity contribution in [3.63, 3.8) is 0 Å². The second kappa shape index (κ2) is 8.34. The van der Waals surface area contributed by atoms with Crippen LogP contribution >= 0.6 is 0 Å². The normalized spacial score (nSPS) is 17.9. The van der Waals surface area contributed by atoms with Crippen LogP contribution in [0.3, 0.4) is 0 Å². The van der Waals surface area contributed by atoms with Gasteiger partial charge in [-0.05, 0) is 43.5 Å². The molecule has 0 saturated carbocycles. The number of amides is 1. The van der Waals surface area contributed by atoms with Gasteiger partial charge in [0.05, 0.1) is 16.7 Å². The molecule has 4 rings (SSSR count). The molecule has 9 nitrogen and oxygen atoms in total. The number of carbonyl (C=O) groups excluding carboxylic acids is 1. The number of anilines is 1. The maximum Gasteiger partial charge on any atom is 0.286 e. The molecule has 0 radical (unpaired) electrons. The van der Waals surface area contributed by atoms with Gasteiger partial charge in [0.1, 0.15) is 10.7 Å². The molecule has 0 bridgehead atoms. The van der Waals surface area contributed by atoms with E-state index in [0.717, 1.165) is 19.3 Å². The Balaban J connectivity index is 1.65. The maximum atomic E-state index is 13.2. The van der Waals surface area contributed by atoms with Crippen LogP contribution in [0.1, 0.15) is 54.6 Å². The summed E-state index contributed by atoms with van der Waals surface area (Å²) in [5.41, 5.74) is 1.34. The average molecular weight is 457 g/mol. The highest BCUT2D eigenvalue weighted by Crippen LogP contribution is 2.35. The van der Waals surface area contributed by atoms with Crippen LogP contribution < -0.4 is 4.90 Å². The zero-order valence-electron chi connectivity index (χ0n) is 17.9. The first kappa shape index (κ1) is 21.9. The third kappa shape index (κ3) is 3.97. The lowest BCUT2D eigenvalue weighted by atomic mass is 10.1. The molecule has 0 aliphatic carbocycles. The smallest absolute Gasteiger partial charge is 0.286 e. The average Bonchev–Trinajstić information content (AvgIpc) is 3.02. The van der Waals surface area contributed by atoms with Crippen LogP contribution in [-0.2, 0) is 10.0 Å². The van der Waals surface area contributed by atoms with Crippen molar-refractivity contribution in [2.24, 2.45) is 4.40 Å². The molecule has 2 aliphatic rings. The van der Waals surface area contributed by atoms with E-state index in [-0.39, 0.29) is 22.1 Å². The lowest BCUT2D eigenvalue weighted by Crippen LogP contribution is -2.35. The molecule has 2 aromatic rings. The van der Waals surface area contributed by atoms with Gasteiger partial charge in [0, 0.05) is 37.7 Å². The predicted molar refractivity (Wildman–Crippen MR) is 120 cm³/mol. The second-order valence-corrected chi connectivity index (χ2v) is 9.64. The Morgan fingerprint density at radius 2 is 1.97 bits per heavy atom. The van der Waals surface area contributed by atoms with E-state index in [1.807, 2.05) is 4.90 Å². The summed E-state index contributed by atoms with van der Waals surface area (Å²) >= 11 is 0. The fourth-order valence-electron chi connectivity index (χ4n) is 4.11. The fraction of sp³-hybridized carbons (Fsp3) is 0.364. The number of non-ortho nitro benzene ring substituents is 1. The number of hydrogen-bond acceptors (Lipinski definition) is 6. The number of hydrogen-bond donors (Lipinski definition) is 0. The summed E-state index contributed by atoms with van der Waals surface area (Å²) in [6, 6.07) is 10.3. The van der Waals surface area contributed by atoms with E-state index in [0.29, 0.717) is 30.1 Å². The lowest BCUT2D eigenvalue weighted by molar-refractivity contribution is -0.384. The van der Waals surface area contributed by atoms with E-state index in [1.165, 1.54) is 23.1 Å². The van der Waals surface area contributed by atoms with Gasteiger partial charge in [-0.1, -0.05) is 18.6 Å². The Morgan fingerprint density at radius 1 is 1.19 bits per heavy atom. The monoisotopic (exact) mass is 456 g/mol. The van der Waals surface area contributed by atoms with E-state index in [1.54, 1.807) is 38.2 Å². The van der Waals surface area contributed by atoms with E-state index in [4.69, 9.17) is 0 Å². The minimum atomic E-state index is -3.90. The summed E-state index contributed by atoms with van der Waals surface area (Å²) in [4.78, 5) is 27.2. The van der Waals surface area contributed by atoms with Gasteiger partial charge in [-0.25, -0.2) is 0 Å². The fourth-order valence-corrected chi connectivity index (χ4v) is 5.40. The van der Waals surface area contributed by atoms with Crippen molar-refractivity contribution in [2.45, 2.75) is 43.5 Å². The van der Waals surface area contributed by atoms with Crippen molar-refractivity contribution in [3.05, 3.63) is 63.7 Å². The Labute approximate surface area is 186 Å². The summed E-state index contributed by atoms with van der Waals surface area (Å²) in [7, 11) is -2.31. The van der Waals surface area contributed by atoms with Gasteiger partial charge in [0.15, 0.2) is 0 Å². The second-order valence-electron chi connectivity index (χ2n) is 8.07. The van der Waals surface area contributed by atoms with Gasteiger partial charge in [-0.15, -0.1) is 4.40 Å². The first-order chi connectivity index (χ1) is 15.2. The molecule has 1 atom stereocenters. The number of nitro benzene ring substituents is 1. The van der Waals surface area contributed by atoms with Crippen molar-refractivity contribution >= 4 is 33.1 Å². The number of sulfonamides is 1. The highest BCUT2D eigenvalue weighted by Gasteiger charge is 2.32. The molecule has 32 heavy (non-hydrogen) atoms. The molecule has 1 saturated heterocycles. The molecule has 0 spiro atoms. The quantitative estimate of drug-likeness (QED) is 0.509. The summed E-state index contributed by atoms with van der Waals surface area (Å²) in [6.45, 7) is 2.46. The molecule has 0 N–H and O–H groups in total. The number of nitrogens with zero attached hydrogens (tertiary/aromatic N) is 4. The molecule has 2 aromatic carbocycles. The van der Waals surface area contributed by atoms with E-state index in [2.05, 4.69) is 4.40 Å². The largest absolute Gasteiger partial charge is 0.335 e. The first-order valence-electron chi connectivity index (χ1n) is 10.5. The zero-order valence-corrected chi connectivity index (χ0v) is 18.7. The van der Waals surface area contributed by atoms with Crippen LogP contribution in [0.5, 0.6) is 0 Å². The van der Waals surface area contributed by atoms with E-state index >= 15 is 0 Å². The van der Waals surface area contributed by atoms with Crippen molar-refractivity contribution < 1.29 is 18.1 Å². The maximum absolute atomic E-state index is 13.2. The van der Waals surface area contributed by atoms with Crippen LogP contribution in [0.25, 0.3) is 0 Å². The van der Waals surface area contributed by atoms with Gasteiger partial charge in [0.2, 0.25) is 0 Å². The third-order valence-corrected chi connectivity index (χ3v) is 7.39.